The largest absolute Gasteiger partial charge is 0.489 e. The summed E-state index contributed by atoms with van der Waals surface area (Å²) in [5, 5.41) is 7.11. The van der Waals surface area contributed by atoms with Crippen molar-refractivity contribution in [1.29, 1.82) is 0 Å². The number of nitrogens with zero attached hydrogens (tertiary/aromatic N) is 2. The van der Waals surface area contributed by atoms with Gasteiger partial charge in [-0.1, -0.05) is 25.6 Å². The lowest BCUT2D eigenvalue weighted by Gasteiger charge is -2.13. The molecule has 6 nitrogen and oxygen atoms in total. The molecule has 0 unspecified atom stereocenters. The number of anilines is 1. The molecule has 27 heavy (non-hydrogen) atoms. The van der Waals surface area contributed by atoms with Crippen LogP contribution in [0, 0.1) is 6.92 Å². The molecule has 3 rings (SSSR count). The summed E-state index contributed by atoms with van der Waals surface area (Å²) in [6, 6.07) is 15.4. The summed E-state index contributed by atoms with van der Waals surface area (Å²) in [6.07, 6.45) is 1.41. The van der Waals surface area contributed by atoms with Crippen molar-refractivity contribution < 1.29 is 14.3 Å². The number of methoxy groups -OCH3 is 1. The van der Waals surface area contributed by atoms with E-state index < -0.39 is 6.09 Å². The maximum absolute atomic E-state index is 11.5. The Morgan fingerprint density at radius 2 is 1.96 bits per heavy atom. The predicted octanol–water partition coefficient (Wildman–Crippen LogP) is 4.79. The van der Waals surface area contributed by atoms with Gasteiger partial charge >= 0.3 is 6.09 Å². The first-order valence-electron chi connectivity index (χ1n) is 8.23. The molecule has 1 aromatic heterocycles. The molecule has 3 aromatic rings. The van der Waals surface area contributed by atoms with Gasteiger partial charge in [0.15, 0.2) is 0 Å². The molecule has 0 spiro atoms. The Bertz CT molecular complexity index is 919. The second-order valence-corrected chi connectivity index (χ2v) is 5.92. The number of ether oxygens (including phenoxy) is 2. The number of rotatable bonds is 5. The lowest BCUT2D eigenvalue weighted by atomic mass is 10.1. The van der Waals surface area contributed by atoms with Crippen molar-refractivity contribution in [3.63, 3.8) is 0 Å². The average molecular weight is 367 g/mol. The van der Waals surface area contributed by atoms with Crippen LogP contribution in [-0.4, -0.2) is 23.0 Å². The SMILES string of the molecule is C.COC(=O)Nc1ccccc1COc1ccc(-c2ccn(C)n2)cc1C. The third-order valence-corrected chi connectivity index (χ3v) is 4.01. The number of aromatic nitrogens is 2. The summed E-state index contributed by atoms with van der Waals surface area (Å²) < 4.78 is 12.4. The minimum absolute atomic E-state index is 0. The zero-order valence-electron chi connectivity index (χ0n) is 15.0. The number of hydrogen-bond acceptors (Lipinski definition) is 4. The first-order valence-corrected chi connectivity index (χ1v) is 8.23. The van der Waals surface area contributed by atoms with Crippen LogP contribution in [0.15, 0.2) is 54.7 Å². The molecule has 0 atom stereocenters. The Morgan fingerprint density at radius 3 is 2.63 bits per heavy atom. The summed E-state index contributed by atoms with van der Waals surface area (Å²) in [5.74, 6) is 0.789. The minimum Gasteiger partial charge on any atom is -0.489 e. The fourth-order valence-corrected chi connectivity index (χ4v) is 2.62. The third kappa shape index (κ3) is 4.88. The first kappa shape index (κ1) is 20.0. The topological polar surface area (TPSA) is 65.4 Å². The molecule has 0 aliphatic rings. The van der Waals surface area contributed by atoms with Gasteiger partial charge < -0.3 is 9.47 Å². The van der Waals surface area contributed by atoms with Crippen LogP contribution in [0.25, 0.3) is 11.3 Å². The first-order chi connectivity index (χ1) is 12.6. The number of para-hydroxylation sites is 1. The molecule has 0 aliphatic carbocycles. The number of hydrogen-bond donors (Lipinski definition) is 1. The summed E-state index contributed by atoms with van der Waals surface area (Å²) in [5.41, 5.74) is 4.53. The van der Waals surface area contributed by atoms with Crippen LogP contribution in [0.3, 0.4) is 0 Å². The normalized spacial score (nSPS) is 10.0. The lowest BCUT2D eigenvalue weighted by Crippen LogP contribution is -2.13. The van der Waals surface area contributed by atoms with E-state index in [1.807, 2.05) is 62.6 Å². The van der Waals surface area contributed by atoms with Gasteiger partial charge in [-0.05, 0) is 42.8 Å². The van der Waals surface area contributed by atoms with Crippen molar-refractivity contribution in [2.75, 3.05) is 12.4 Å². The Labute approximate surface area is 159 Å². The number of carbonyl (C=O) groups excluding carboxylic acids is 1. The van der Waals surface area contributed by atoms with Gasteiger partial charge in [0.25, 0.3) is 0 Å². The number of benzene rings is 2. The number of aryl methyl sites for hydroxylation is 2. The Hall–Kier alpha value is -3.28. The highest BCUT2D eigenvalue weighted by Gasteiger charge is 2.09. The van der Waals surface area contributed by atoms with Gasteiger partial charge in [-0.3, -0.25) is 10.00 Å². The van der Waals surface area contributed by atoms with Crippen LogP contribution in [0.5, 0.6) is 5.75 Å². The van der Waals surface area contributed by atoms with Crippen molar-refractivity contribution in [3.8, 4) is 17.0 Å². The van der Waals surface area contributed by atoms with Crippen molar-refractivity contribution in [1.82, 2.24) is 9.78 Å². The van der Waals surface area contributed by atoms with Crippen LogP contribution in [0.1, 0.15) is 18.6 Å². The van der Waals surface area contributed by atoms with Crippen molar-refractivity contribution in [2.24, 2.45) is 7.05 Å². The highest BCUT2D eigenvalue weighted by atomic mass is 16.5. The van der Waals surface area contributed by atoms with E-state index in [2.05, 4.69) is 21.2 Å². The highest BCUT2D eigenvalue weighted by molar-refractivity contribution is 5.85. The van der Waals surface area contributed by atoms with E-state index in [0.29, 0.717) is 12.3 Å². The molecule has 142 valence electrons. The van der Waals surface area contributed by atoms with Crippen molar-refractivity contribution in [3.05, 3.63) is 65.9 Å². The fraction of sp³-hybridized carbons (Fsp3) is 0.238. The van der Waals surface area contributed by atoms with E-state index in [4.69, 9.17) is 4.74 Å². The van der Waals surface area contributed by atoms with E-state index in [1.54, 1.807) is 4.68 Å². The minimum atomic E-state index is -0.506. The van der Waals surface area contributed by atoms with Crippen LogP contribution < -0.4 is 10.1 Å². The monoisotopic (exact) mass is 367 g/mol. The Balaban J connectivity index is 0.00000261. The maximum Gasteiger partial charge on any atom is 0.411 e. The zero-order valence-corrected chi connectivity index (χ0v) is 15.0. The van der Waals surface area contributed by atoms with Gasteiger partial charge in [-0.2, -0.15) is 5.10 Å². The molecule has 2 aromatic carbocycles. The van der Waals surface area contributed by atoms with Crippen LogP contribution in [-0.2, 0) is 18.4 Å². The molecule has 0 aliphatic heterocycles. The summed E-state index contributed by atoms with van der Waals surface area (Å²) in [4.78, 5) is 11.5. The smallest absolute Gasteiger partial charge is 0.411 e. The fourth-order valence-electron chi connectivity index (χ4n) is 2.62. The van der Waals surface area contributed by atoms with Gasteiger partial charge in [-0.25, -0.2) is 4.79 Å². The second-order valence-electron chi connectivity index (χ2n) is 5.92. The van der Waals surface area contributed by atoms with Crippen LogP contribution in [0.4, 0.5) is 10.5 Å². The molecule has 0 fully saturated rings. The molecular formula is C21H25N3O3. The molecule has 0 radical (unpaired) electrons. The maximum atomic E-state index is 11.5. The second kappa shape index (κ2) is 8.89. The highest BCUT2D eigenvalue weighted by Crippen LogP contribution is 2.26. The van der Waals surface area contributed by atoms with Gasteiger partial charge in [0.1, 0.15) is 12.4 Å². The summed E-state index contributed by atoms with van der Waals surface area (Å²) >= 11 is 0. The average Bonchev–Trinajstić information content (AvgIpc) is 3.08. The Kier molecular flexibility index (Phi) is 6.60. The molecule has 1 N–H and O–H groups in total. The van der Waals surface area contributed by atoms with E-state index in [0.717, 1.165) is 28.1 Å². The lowest BCUT2D eigenvalue weighted by molar-refractivity contribution is 0.187. The molecule has 0 saturated heterocycles. The van der Waals surface area contributed by atoms with Crippen molar-refractivity contribution >= 4 is 11.8 Å². The number of amides is 1. The molecule has 0 saturated carbocycles. The van der Waals surface area contributed by atoms with Crippen LogP contribution in [0.2, 0.25) is 0 Å². The van der Waals surface area contributed by atoms with E-state index in [9.17, 15) is 4.79 Å². The van der Waals surface area contributed by atoms with E-state index in [-0.39, 0.29) is 7.43 Å². The summed E-state index contributed by atoms with van der Waals surface area (Å²) in [6.45, 7) is 2.34. The predicted molar refractivity (Wildman–Crippen MR) is 107 cm³/mol. The Morgan fingerprint density at radius 1 is 1.19 bits per heavy atom. The van der Waals surface area contributed by atoms with E-state index in [1.165, 1.54) is 7.11 Å². The molecule has 1 heterocycles. The zero-order chi connectivity index (χ0) is 18.5. The molecule has 0 bridgehead atoms. The van der Waals surface area contributed by atoms with Crippen molar-refractivity contribution in [2.45, 2.75) is 21.0 Å². The summed E-state index contributed by atoms with van der Waals surface area (Å²) in [7, 11) is 3.23. The van der Waals surface area contributed by atoms with Gasteiger partial charge in [0.2, 0.25) is 0 Å². The molecule has 1 amide bonds. The van der Waals surface area contributed by atoms with E-state index >= 15 is 0 Å². The van der Waals surface area contributed by atoms with Gasteiger partial charge in [0, 0.05) is 24.4 Å². The molecular weight excluding hydrogens is 342 g/mol. The van der Waals surface area contributed by atoms with Gasteiger partial charge in [0.05, 0.1) is 18.5 Å². The third-order valence-electron chi connectivity index (χ3n) is 4.01. The van der Waals surface area contributed by atoms with Gasteiger partial charge in [-0.15, -0.1) is 0 Å². The number of carbonyl (C=O) groups is 1. The number of nitrogens with one attached hydrogen (secondary N) is 1. The van der Waals surface area contributed by atoms with Crippen LogP contribution >= 0.6 is 0 Å². The standard InChI is InChI=1S/C20H21N3O3.CH4/c1-14-12-15(18-10-11-23(2)22-18)8-9-19(14)26-13-16-6-4-5-7-17(16)21-20(24)25-3;/h4-12H,13H2,1-3H3,(H,21,24);1H4. The molecule has 6 heteroatoms. The quantitative estimate of drug-likeness (QED) is 0.704.